The van der Waals surface area contributed by atoms with Gasteiger partial charge in [0.2, 0.25) is 0 Å². The van der Waals surface area contributed by atoms with E-state index in [4.69, 9.17) is 4.42 Å². The van der Waals surface area contributed by atoms with E-state index in [1.807, 2.05) is 60.7 Å². The lowest BCUT2D eigenvalue weighted by Crippen LogP contribution is -2.14. The number of rotatable bonds is 4. The highest BCUT2D eigenvalue weighted by Gasteiger charge is 2.16. The van der Waals surface area contributed by atoms with Crippen molar-refractivity contribution in [2.75, 3.05) is 5.32 Å². The highest BCUT2D eigenvalue weighted by atomic mass is 16.3. The fraction of sp³-hybridized carbons (Fsp3) is 0.130. The minimum atomic E-state index is -0.158. The summed E-state index contributed by atoms with van der Waals surface area (Å²) in [5, 5.41) is 3.89. The highest BCUT2D eigenvalue weighted by molar-refractivity contribution is 6.13. The quantitative estimate of drug-likeness (QED) is 0.497. The van der Waals surface area contributed by atoms with Gasteiger partial charge < -0.3 is 9.73 Å². The molecule has 4 rings (SSSR count). The Balaban J connectivity index is 1.80. The van der Waals surface area contributed by atoms with E-state index < -0.39 is 0 Å². The molecule has 0 saturated carbocycles. The summed E-state index contributed by atoms with van der Waals surface area (Å²) in [4.78, 5) is 17.8. The van der Waals surface area contributed by atoms with Crippen LogP contribution >= 0.6 is 0 Å². The Morgan fingerprint density at radius 3 is 2.56 bits per heavy atom. The van der Waals surface area contributed by atoms with Crippen LogP contribution in [-0.2, 0) is 0 Å². The maximum absolute atomic E-state index is 13.2. The van der Waals surface area contributed by atoms with Gasteiger partial charge in [0, 0.05) is 11.1 Å². The van der Waals surface area contributed by atoms with Crippen molar-refractivity contribution in [2.24, 2.45) is 0 Å². The molecule has 4 nitrogen and oxygen atoms in total. The number of hydrogen-bond acceptors (Lipinski definition) is 3. The van der Waals surface area contributed by atoms with Crippen LogP contribution in [0.15, 0.2) is 77.4 Å². The van der Waals surface area contributed by atoms with Gasteiger partial charge in [-0.3, -0.25) is 4.79 Å². The van der Waals surface area contributed by atoms with Crippen LogP contribution in [0.5, 0.6) is 0 Å². The number of hydrogen-bond donors (Lipinski definition) is 1. The summed E-state index contributed by atoms with van der Waals surface area (Å²) in [6.45, 7) is 4.23. The second-order valence-corrected chi connectivity index (χ2v) is 6.75. The average Bonchev–Trinajstić information content (AvgIpc) is 3.22. The number of pyridine rings is 1. The first kappa shape index (κ1) is 17.0. The number of nitrogens with one attached hydrogen (secondary N) is 1. The third-order valence-electron chi connectivity index (χ3n) is 4.57. The number of amides is 1. The van der Waals surface area contributed by atoms with Crippen molar-refractivity contribution in [1.29, 1.82) is 0 Å². The number of para-hydroxylation sites is 2. The Morgan fingerprint density at radius 1 is 1.00 bits per heavy atom. The lowest BCUT2D eigenvalue weighted by molar-refractivity contribution is 0.102. The van der Waals surface area contributed by atoms with Gasteiger partial charge in [0.1, 0.15) is 5.69 Å². The largest absolute Gasteiger partial charge is 0.463 e. The van der Waals surface area contributed by atoms with Crippen LogP contribution in [0.3, 0.4) is 0 Å². The standard InChI is InChI=1S/C23H20N2O2/c1-15(2)16-8-3-5-10-19(16)25-23(26)18-14-21(22-12-7-13-27-22)24-20-11-6-4-9-17(18)20/h3-15H,1-2H3,(H,25,26). The molecular formula is C23H20N2O2. The molecular weight excluding hydrogens is 336 g/mol. The first-order chi connectivity index (χ1) is 13.1. The van der Waals surface area contributed by atoms with Gasteiger partial charge in [-0.15, -0.1) is 0 Å². The first-order valence-corrected chi connectivity index (χ1v) is 8.97. The number of furan rings is 1. The summed E-state index contributed by atoms with van der Waals surface area (Å²) in [5.74, 6) is 0.793. The molecule has 4 heteroatoms. The lowest BCUT2D eigenvalue weighted by atomic mass is 10.0. The number of aromatic nitrogens is 1. The van der Waals surface area contributed by atoms with Crippen LogP contribution in [0.1, 0.15) is 35.7 Å². The summed E-state index contributed by atoms with van der Waals surface area (Å²) < 4.78 is 5.48. The average molecular weight is 356 g/mol. The molecule has 0 aliphatic rings. The van der Waals surface area contributed by atoms with E-state index in [1.165, 1.54) is 0 Å². The van der Waals surface area contributed by atoms with E-state index in [0.29, 0.717) is 22.9 Å². The molecule has 0 atom stereocenters. The van der Waals surface area contributed by atoms with E-state index in [1.54, 1.807) is 12.3 Å². The molecule has 0 radical (unpaired) electrons. The molecule has 0 bridgehead atoms. The van der Waals surface area contributed by atoms with E-state index >= 15 is 0 Å². The van der Waals surface area contributed by atoms with Gasteiger partial charge in [-0.1, -0.05) is 50.2 Å². The van der Waals surface area contributed by atoms with Crippen molar-refractivity contribution in [3.05, 3.63) is 84.1 Å². The third-order valence-corrected chi connectivity index (χ3v) is 4.57. The summed E-state index contributed by atoms with van der Waals surface area (Å²) >= 11 is 0. The van der Waals surface area contributed by atoms with Crippen molar-refractivity contribution < 1.29 is 9.21 Å². The summed E-state index contributed by atoms with van der Waals surface area (Å²) in [6.07, 6.45) is 1.60. The van der Waals surface area contributed by atoms with E-state index in [9.17, 15) is 4.79 Å². The summed E-state index contributed by atoms with van der Waals surface area (Å²) in [6, 6.07) is 21.0. The van der Waals surface area contributed by atoms with Crippen LogP contribution in [0.25, 0.3) is 22.4 Å². The van der Waals surface area contributed by atoms with Crippen molar-refractivity contribution in [1.82, 2.24) is 4.98 Å². The number of anilines is 1. The Morgan fingerprint density at radius 2 is 1.78 bits per heavy atom. The fourth-order valence-corrected chi connectivity index (χ4v) is 3.22. The molecule has 0 unspecified atom stereocenters. The Labute approximate surface area is 157 Å². The van der Waals surface area contributed by atoms with Crippen molar-refractivity contribution in [3.63, 3.8) is 0 Å². The SMILES string of the molecule is CC(C)c1ccccc1NC(=O)c1cc(-c2ccco2)nc2ccccc12. The molecule has 2 aromatic heterocycles. The van der Waals surface area contributed by atoms with E-state index in [-0.39, 0.29) is 5.91 Å². The lowest BCUT2D eigenvalue weighted by Gasteiger charge is -2.15. The van der Waals surface area contributed by atoms with Crippen LogP contribution in [0.2, 0.25) is 0 Å². The van der Waals surface area contributed by atoms with Gasteiger partial charge in [-0.05, 0) is 41.8 Å². The predicted octanol–water partition coefficient (Wildman–Crippen LogP) is 5.87. The third kappa shape index (κ3) is 3.34. The zero-order valence-corrected chi connectivity index (χ0v) is 15.3. The van der Waals surface area contributed by atoms with Crippen LogP contribution in [0, 0.1) is 0 Å². The van der Waals surface area contributed by atoms with Crippen LogP contribution in [-0.4, -0.2) is 10.9 Å². The minimum absolute atomic E-state index is 0.158. The number of benzene rings is 2. The number of nitrogens with zero attached hydrogens (tertiary/aromatic N) is 1. The molecule has 134 valence electrons. The number of carbonyl (C=O) groups excluding carboxylic acids is 1. The molecule has 1 amide bonds. The number of carbonyl (C=O) groups is 1. The molecule has 0 saturated heterocycles. The monoisotopic (exact) mass is 356 g/mol. The topological polar surface area (TPSA) is 55.1 Å². The smallest absolute Gasteiger partial charge is 0.256 e. The van der Waals surface area contributed by atoms with Gasteiger partial charge in [-0.2, -0.15) is 0 Å². The minimum Gasteiger partial charge on any atom is -0.463 e. The second kappa shape index (κ2) is 7.08. The van der Waals surface area contributed by atoms with E-state index in [2.05, 4.69) is 24.1 Å². The summed E-state index contributed by atoms with van der Waals surface area (Å²) in [7, 11) is 0. The van der Waals surface area contributed by atoms with Gasteiger partial charge in [0.25, 0.3) is 5.91 Å². The first-order valence-electron chi connectivity index (χ1n) is 8.97. The van der Waals surface area contributed by atoms with Crippen LogP contribution < -0.4 is 5.32 Å². The van der Waals surface area contributed by atoms with Gasteiger partial charge in [-0.25, -0.2) is 4.98 Å². The molecule has 0 spiro atoms. The molecule has 2 aromatic carbocycles. The predicted molar refractivity (Wildman–Crippen MR) is 108 cm³/mol. The fourth-order valence-electron chi connectivity index (χ4n) is 3.22. The Bertz CT molecular complexity index is 1100. The Hall–Kier alpha value is -3.40. The van der Waals surface area contributed by atoms with Gasteiger partial charge >= 0.3 is 0 Å². The Kier molecular flexibility index (Phi) is 4.47. The maximum Gasteiger partial charge on any atom is 0.256 e. The maximum atomic E-state index is 13.2. The molecule has 0 aliphatic heterocycles. The second-order valence-electron chi connectivity index (χ2n) is 6.75. The van der Waals surface area contributed by atoms with Crippen molar-refractivity contribution in [3.8, 4) is 11.5 Å². The van der Waals surface area contributed by atoms with Crippen LogP contribution in [0.4, 0.5) is 5.69 Å². The molecule has 27 heavy (non-hydrogen) atoms. The molecule has 2 heterocycles. The normalized spacial score (nSPS) is 11.1. The highest BCUT2D eigenvalue weighted by Crippen LogP contribution is 2.28. The molecule has 0 fully saturated rings. The van der Waals surface area contributed by atoms with Gasteiger partial charge in [0.15, 0.2) is 5.76 Å². The molecule has 0 aliphatic carbocycles. The number of fused-ring (bicyclic) bond motifs is 1. The molecule has 1 N–H and O–H groups in total. The van der Waals surface area contributed by atoms with Gasteiger partial charge in [0.05, 0.1) is 17.3 Å². The summed E-state index contributed by atoms with van der Waals surface area (Å²) in [5.41, 5.74) is 3.91. The zero-order valence-electron chi connectivity index (χ0n) is 15.3. The zero-order chi connectivity index (χ0) is 18.8. The van der Waals surface area contributed by atoms with Crippen molar-refractivity contribution in [2.45, 2.75) is 19.8 Å². The van der Waals surface area contributed by atoms with E-state index in [0.717, 1.165) is 22.2 Å². The van der Waals surface area contributed by atoms with Crippen molar-refractivity contribution >= 4 is 22.5 Å². The molecule has 4 aromatic rings.